The van der Waals surface area contributed by atoms with Gasteiger partial charge in [0.1, 0.15) is 6.04 Å². The lowest BCUT2D eigenvalue weighted by Gasteiger charge is -2.36. The fraction of sp³-hybridized carbons (Fsp3) is 0.647. The maximum Gasteiger partial charge on any atom is 0.245 e. The van der Waals surface area contributed by atoms with Crippen LogP contribution >= 0.6 is 11.3 Å². The van der Waals surface area contributed by atoms with Gasteiger partial charge in [0, 0.05) is 30.6 Å². The number of carbonyl (C=O) groups is 2. The Morgan fingerprint density at radius 3 is 2.73 bits per heavy atom. The summed E-state index contributed by atoms with van der Waals surface area (Å²) in [4.78, 5) is 30.0. The van der Waals surface area contributed by atoms with Crippen LogP contribution in [0.2, 0.25) is 0 Å². The monoisotopic (exact) mass is 399 g/mol. The average molecular weight is 400 g/mol. The van der Waals surface area contributed by atoms with Crippen LogP contribution in [0.25, 0.3) is 0 Å². The van der Waals surface area contributed by atoms with Crippen LogP contribution in [-0.4, -0.2) is 68.0 Å². The van der Waals surface area contributed by atoms with Crippen LogP contribution in [-0.2, 0) is 26.0 Å². The standard InChI is InChI=1S/C17H25N3O4S2/c1-26(23,24)18-13-5-2-8-19(12-13)17(22)15-7-3-9-20(15)16(21)11-14-6-4-10-25-14/h4,6,10,13,15,18H,2-3,5,7-9,11-12H2,1H3. The van der Waals surface area contributed by atoms with Gasteiger partial charge in [0.15, 0.2) is 0 Å². The molecular formula is C17H25N3O4S2. The maximum absolute atomic E-state index is 13.0. The van der Waals surface area contributed by atoms with Gasteiger partial charge < -0.3 is 9.80 Å². The Hall–Kier alpha value is -1.45. The molecule has 0 saturated carbocycles. The molecule has 2 atom stereocenters. The Bertz CT molecular complexity index is 748. The predicted octanol–water partition coefficient (Wildman–Crippen LogP) is 0.822. The molecule has 0 radical (unpaired) electrons. The van der Waals surface area contributed by atoms with Crippen LogP contribution in [0.1, 0.15) is 30.6 Å². The number of likely N-dealkylation sites (tertiary alicyclic amines) is 2. The van der Waals surface area contributed by atoms with E-state index in [0.29, 0.717) is 32.5 Å². The lowest BCUT2D eigenvalue weighted by molar-refractivity contribution is -0.144. The fourth-order valence-electron chi connectivity index (χ4n) is 3.77. The number of nitrogens with one attached hydrogen (secondary N) is 1. The van der Waals surface area contributed by atoms with E-state index in [1.807, 2.05) is 17.5 Å². The van der Waals surface area contributed by atoms with Crippen molar-refractivity contribution in [3.8, 4) is 0 Å². The molecule has 1 aromatic heterocycles. The Morgan fingerprint density at radius 1 is 1.27 bits per heavy atom. The van der Waals surface area contributed by atoms with E-state index in [2.05, 4.69) is 4.72 Å². The molecule has 2 fully saturated rings. The molecule has 7 nitrogen and oxygen atoms in total. The third kappa shape index (κ3) is 4.83. The summed E-state index contributed by atoms with van der Waals surface area (Å²) < 4.78 is 25.5. The summed E-state index contributed by atoms with van der Waals surface area (Å²) >= 11 is 1.55. The molecule has 0 aromatic carbocycles. The highest BCUT2D eigenvalue weighted by Gasteiger charge is 2.38. The molecule has 0 bridgehead atoms. The molecule has 3 rings (SSSR count). The molecule has 1 aromatic rings. The van der Waals surface area contributed by atoms with Gasteiger partial charge in [-0.25, -0.2) is 13.1 Å². The Kier molecular flexibility index (Phi) is 5.99. The van der Waals surface area contributed by atoms with Crippen LogP contribution in [0.15, 0.2) is 17.5 Å². The lowest BCUT2D eigenvalue weighted by Crippen LogP contribution is -2.54. The van der Waals surface area contributed by atoms with Crippen molar-refractivity contribution in [3.05, 3.63) is 22.4 Å². The minimum atomic E-state index is -3.30. The minimum Gasteiger partial charge on any atom is -0.339 e. The van der Waals surface area contributed by atoms with Crippen LogP contribution in [0.5, 0.6) is 0 Å². The van der Waals surface area contributed by atoms with Gasteiger partial charge in [0.05, 0.1) is 12.7 Å². The molecule has 3 heterocycles. The van der Waals surface area contributed by atoms with Crippen molar-refractivity contribution in [2.75, 3.05) is 25.9 Å². The number of nitrogens with zero attached hydrogens (tertiary/aromatic N) is 2. The number of rotatable bonds is 5. The van der Waals surface area contributed by atoms with E-state index in [0.717, 1.165) is 30.4 Å². The first-order valence-electron chi connectivity index (χ1n) is 8.91. The number of thiophene rings is 1. The maximum atomic E-state index is 13.0. The molecule has 2 amide bonds. The van der Waals surface area contributed by atoms with Crippen LogP contribution in [0, 0.1) is 0 Å². The highest BCUT2D eigenvalue weighted by atomic mass is 32.2. The van der Waals surface area contributed by atoms with Crippen molar-refractivity contribution in [2.45, 2.75) is 44.2 Å². The topological polar surface area (TPSA) is 86.8 Å². The molecule has 0 spiro atoms. The van der Waals surface area contributed by atoms with Gasteiger partial charge in [-0.2, -0.15) is 0 Å². The van der Waals surface area contributed by atoms with Gasteiger partial charge in [-0.3, -0.25) is 9.59 Å². The smallest absolute Gasteiger partial charge is 0.245 e. The summed E-state index contributed by atoms with van der Waals surface area (Å²) in [5, 5.41) is 1.94. The van der Waals surface area contributed by atoms with Crippen molar-refractivity contribution in [1.82, 2.24) is 14.5 Å². The minimum absolute atomic E-state index is 0.00822. The molecular weight excluding hydrogens is 374 g/mol. The first kappa shape index (κ1) is 19.3. The average Bonchev–Trinajstić information content (AvgIpc) is 3.24. The zero-order chi connectivity index (χ0) is 18.7. The third-order valence-electron chi connectivity index (χ3n) is 4.88. The number of hydrogen-bond acceptors (Lipinski definition) is 5. The van der Waals surface area contributed by atoms with Gasteiger partial charge >= 0.3 is 0 Å². The van der Waals surface area contributed by atoms with Gasteiger partial charge in [-0.15, -0.1) is 11.3 Å². The second-order valence-corrected chi connectivity index (χ2v) is 9.83. The molecule has 2 aliphatic heterocycles. The number of hydrogen-bond donors (Lipinski definition) is 1. The van der Waals surface area contributed by atoms with Gasteiger partial charge in [-0.05, 0) is 37.1 Å². The third-order valence-corrected chi connectivity index (χ3v) is 6.52. The number of amides is 2. The van der Waals surface area contributed by atoms with E-state index in [1.165, 1.54) is 0 Å². The highest BCUT2D eigenvalue weighted by Crippen LogP contribution is 2.23. The Labute approximate surface area is 158 Å². The van der Waals surface area contributed by atoms with E-state index in [9.17, 15) is 18.0 Å². The van der Waals surface area contributed by atoms with Crippen molar-refractivity contribution < 1.29 is 18.0 Å². The Morgan fingerprint density at radius 2 is 2.04 bits per heavy atom. The summed E-state index contributed by atoms with van der Waals surface area (Å²) in [6.07, 6.45) is 4.45. The number of sulfonamides is 1. The number of carbonyl (C=O) groups excluding carboxylic acids is 2. The zero-order valence-corrected chi connectivity index (χ0v) is 16.5. The van der Waals surface area contributed by atoms with E-state index in [4.69, 9.17) is 0 Å². The van der Waals surface area contributed by atoms with Crippen LogP contribution in [0.4, 0.5) is 0 Å². The van der Waals surface area contributed by atoms with Crippen LogP contribution < -0.4 is 4.72 Å². The molecule has 9 heteroatoms. The SMILES string of the molecule is CS(=O)(=O)NC1CCCN(C(=O)C2CCCN2C(=O)Cc2cccs2)C1. The molecule has 1 N–H and O–H groups in total. The zero-order valence-electron chi connectivity index (χ0n) is 14.9. The summed E-state index contributed by atoms with van der Waals surface area (Å²) in [6.45, 7) is 1.60. The van der Waals surface area contributed by atoms with Crippen molar-refractivity contribution >= 4 is 33.2 Å². The Balaban J connectivity index is 1.63. The van der Waals surface area contributed by atoms with Gasteiger partial charge in [-0.1, -0.05) is 6.07 Å². The number of piperidine rings is 1. The molecule has 0 aliphatic carbocycles. The first-order valence-corrected chi connectivity index (χ1v) is 11.7. The summed E-state index contributed by atoms with van der Waals surface area (Å²) in [7, 11) is -3.30. The first-order chi connectivity index (χ1) is 12.3. The van der Waals surface area contributed by atoms with Crippen molar-refractivity contribution in [2.24, 2.45) is 0 Å². The molecule has 2 unspecified atom stereocenters. The summed E-state index contributed by atoms with van der Waals surface area (Å²) in [6, 6.07) is 3.18. The van der Waals surface area contributed by atoms with Gasteiger partial charge in [0.2, 0.25) is 21.8 Å². The molecule has 144 valence electrons. The second-order valence-electron chi connectivity index (χ2n) is 7.01. The second kappa shape index (κ2) is 8.06. The van der Waals surface area contributed by atoms with Crippen molar-refractivity contribution in [1.29, 1.82) is 0 Å². The summed E-state index contributed by atoms with van der Waals surface area (Å²) in [5.41, 5.74) is 0. The van der Waals surface area contributed by atoms with E-state index < -0.39 is 16.1 Å². The predicted molar refractivity (Wildman–Crippen MR) is 100 cm³/mol. The van der Waals surface area contributed by atoms with Gasteiger partial charge in [0.25, 0.3) is 0 Å². The molecule has 26 heavy (non-hydrogen) atoms. The largest absolute Gasteiger partial charge is 0.339 e. The normalized spacial score (nSPS) is 24.0. The van der Waals surface area contributed by atoms with Crippen LogP contribution in [0.3, 0.4) is 0 Å². The highest BCUT2D eigenvalue weighted by molar-refractivity contribution is 7.88. The van der Waals surface area contributed by atoms with E-state index in [-0.39, 0.29) is 17.9 Å². The molecule has 2 aliphatic rings. The lowest BCUT2D eigenvalue weighted by atomic mass is 10.0. The van der Waals surface area contributed by atoms with E-state index >= 15 is 0 Å². The van der Waals surface area contributed by atoms with E-state index in [1.54, 1.807) is 21.1 Å². The fourth-order valence-corrected chi connectivity index (χ4v) is 5.27. The quantitative estimate of drug-likeness (QED) is 0.794. The molecule has 2 saturated heterocycles. The van der Waals surface area contributed by atoms with Crippen molar-refractivity contribution in [3.63, 3.8) is 0 Å². The summed E-state index contributed by atoms with van der Waals surface area (Å²) in [5.74, 6) is -0.0619.